The molecule has 31 heavy (non-hydrogen) atoms. The summed E-state index contributed by atoms with van der Waals surface area (Å²) in [4.78, 5) is 28.3. The molecule has 1 aliphatic rings. The average Bonchev–Trinajstić information content (AvgIpc) is 3.00. The maximum atomic E-state index is 12.8. The van der Waals surface area contributed by atoms with Crippen LogP contribution in [-0.4, -0.2) is 35.8 Å². The van der Waals surface area contributed by atoms with E-state index in [1.165, 1.54) is 12.1 Å². The van der Waals surface area contributed by atoms with Crippen molar-refractivity contribution in [1.29, 1.82) is 0 Å². The van der Waals surface area contributed by atoms with Crippen LogP contribution in [0.2, 0.25) is 0 Å². The van der Waals surface area contributed by atoms with Crippen molar-refractivity contribution in [3.63, 3.8) is 0 Å². The van der Waals surface area contributed by atoms with Gasteiger partial charge >= 0.3 is 6.18 Å². The van der Waals surface area contributed by atoms with E-state index in [4.69, 9.17) is 0 Å². The number of hydrogen-bond donors (Lipinski definition) is 1. The fraction of sp³-hybridized carbons (Fsp3) is 0.273. The van der Waals surface area contributed by atoms with Gasteiger partial charge in [-0.1, -0.05) is 18.2 Å². The van der Waals surface area contributed by atoms with Gasteiger partial charge in [-0.15, -0.1) is 0 Å². The summed E-state index contributed by atoms with van der Waals surface area (Å²) in [7, 11) is 0. The van der Waals surface area contributed by atoms with Crippen LogP contribution >= 0.6 is 11.8 Å². The first-order valence-corrected chi connectivity index (χ1v) is 10.6. The van der Waals surface area contributed by atoms with Crippen LogP contribution in [0.25, 0.3) is 6.08 Å². The van der Waals surface area contributed by atoms with Crippen molar-refractivity contribution in [3.05, 3.63) is 64.6 Å². The number of rotatable bonds is 7. The van der Waals surface area contributed by atoms with E-state index >= 15 is 0 Å². The lowest BCUT2D eigenvalue weighted by atomic mass is 10.1. The normalized spacial score (nSPS) is 15.6. The number of anilines is 2. The monoisotopic (exact) mass is 449 g/mol. The molecule has 0 bridgehead atoms. The summed E-state index contributed by atoms with van der Waals surface area (Å²) in [5, 5.41) is 2.24. The van der Waals surface area contributed by atoms with E-state index in [-0.39, 0.29) is 17.3 Å². The third-order valence-corrected chi connectivity index (χ3v) is 5.73. The number of amides is 2. The first kappa shape index (κ1) is 22.7. The lowest BCUT2D eigenvalue weighted by molar-refractivity contribution is -0.137. The molecule has 1 aliphatic heterocycles. The molecular weight excluding hydrogens is 427 g/mol. The van der Waals surface area contributed by atoms with Gasteiger partial charge in [0, 0.05) is 24.5 Å². The Hall–Kier alpha value is -2.94. The fourth-order valence-corrected chi connectivity index (χ4v) is 3.97. The SMILES string of the molecule is CCN(CC)c1ccc(/C=C2/SC(=O)N(CNc3cccc(C(F)(F)F)c3)C2=O)cc1. The zero-order valence-corrected chi connectivity index (χ0v) is 17.9. The molecule has 9 heteroatoms. The molecule has 0 aliphatic carbocycles. The first-order valence-electron chi connectivity index (χ1n) is 9.74. The van der Waals surface area contributed by atoms with Crippen molar-refractivity contribution < 1.29 is 22.8 Å². The van der Waals surface area contributed by atoms with Gasteiger partial charge in [0.15, 0.2) is 0 Å². The summed E-state index contributed by atoms with van der Waals surface area (Å²) in [6, 6.07) is 12.3. The summed E-state index contributed by atoms with van der Waals surface area (Å²) in [5.41, 5.74) is 1.22. The van der Waals surface area contributed by atoms with Gasteiger partial charge < -0.3 is 10.2 Å². The molecule has 0 aromatic heterocycles. The maximum absolute atomic E-state index is 12.8. The van der Waals surface area contributed by atoms with Crippen LogP contribution in [0.15, 0.2) is 53.4 Å². The highest BCUT2D eigenvalue weighted by atomic mass is 32.2. The predicted molar refractivity (Wildman–Crippen MR) is 118 cm³/mol. The summed E-state index contributed by atoms with van der Waals surface area (Å²) in [5.74, 6) is -0.484. The van der Waals surface area contributed by atoms with Gasteiger partial charge in [0.1, 0.15) is 0 Å². The van der Waals surface area contributed by atoms with Crippen LogP contribution in [0.3, 0.4) is 0 Å². The number of alkyl halides is 3. The van der Waals surface area contributed by atoms with Crippen LogP contribution in [0.5, 0.6) is 0 Å². The molecule has 1 saturated heterocycles. The standard InChI is InChI=1S/C22H22F3N3O2S/c1-3-27(4-2)18-10-8-15(9-11-18)12-19-20(29)28(21(30)31-19)14-26-17-7-5-6-16(13-17)22(23,24)25/h5-13,26H,3-4,14H2,1-2H3/b19-12+. The molecular formula is C22H22F3N3O2S. The molecule has 164 valence electrons. The molecule has 0 atom stereocenters. The van der Waals surface area contributed by atoms with E-state index in [2.05, 4.69) is 24.1 Å². The van der Waals surface area contributed by atoms with Crippen LogP contribution < -0.4 is 10.2 Å². The molecule has 1 fully saturated rings. The van der Waals surface area contributed by atoms with E-state index in [0.717, 1.165) is 53.1 Å². The Bertz CT molecular complexity index is 986. The zero-order valence-electron chi connectivity index (χ0n) is 17.1. The van der Waals surface area contributed by atoms with Crippen molar-refractivity contribution in [2.75, 3.05) is 30.0 Å². The Morgan fingerprint density at radius 1 is 1.06 bits per heavy atom. The first-order chi connectivity index (χ1) is 14.7. The number of carbonyl (C=O) groups excluding carboxylic acids is 2. The van der Waals surface area contributed by atoms with E-state index in [0.29, 0.717) is 0 Å². The fourth-order valence-electron chi connectivity index (χ4n) is 3.13. The van der Waals surface area contributed by atoms with E-state index < -0.39 is 22.9 Å². The number of nitrogens with one attached hydrogen (secondary N) is 1. The summed E-state index contributed by atoms with van der Waals surface area (Å²) >= 11 is 0.807. The topological polar surface area (TPSA) is 52.7 Å². The second kappa shape index (κ2) is 9.47. The smallest absolute Gasteiger partial charge is 0.372 e. The zero-order chi connectivity index (χ0) is 22.6. The van der Waals surface area contributed by atoms with Crippen molar-refractivity contribution in [2.24, 2.45) is 0 Å². The lowest BCUT2D eigenvalue weighted by Gasteiger charge is -2.20. The largest absolute Gasteiger partial charge is 0.416 e. The molecule has 1 N–H and O–H groups in total. The second-order valence-electron chi connectivity index (χ2n) is 6.79. The minimum atomic E-state index is -4.47. The van der Waals surface area contributed by atoms with E-state index in [1.54, 1.807) is 6.08 Å². The van der Waals surface area contributed by atoms with Crippen LogP contribution in [0.1, 0.15) is 25.0 Å². The van der Waals surface area contributed by atoms with Gasteiger partial charge in [-0.3, -0.25) is 14.5 Å². The quantitative estimate of drug-likeness (QED) is 0.553. The highest BCUT2D eigenvalue weighted by Crippen LogP contribution is 2.33. The minimum absolute atomic E-state index is 0.171. The highest BCUT2D eigenvalue weighted by molar-refractivity contribution is 8.18. The van der Waals surface area contributed by atoms with Crippen molar-refractivity contribution in [1.82, 2.24) is 4.90 Å². The van der Waals surface area contributed by atoms with Gasteiger partial charge in [-0.2, -0.15) is 13.2 Å². The predicted octanol–water partition coefficient (Wildman–Crippen LogP) is 5.66. The van der Waals surface area contributed by atoms with Crippen LogP contribution in [0.4, 0.5) is 29.3 Å². The second-order valence-corrected chi connectivity index (χ2v) is 7.78. The van der Waals surface area contributed by atoms with E-state index in [9.17, 15) is 22.8 Å². The molecule has 2 aromatic rings. The number of imide groups is 1. The Morgan fingerprint density at radius 2 is 1.74 bits per heavy atom. The molecule has 0 saturated carbocycles. The molecule has 0 spiro atoms. The van der Waals surface area contributed by atoms with Crippen molar-refractivity contribution in [2.45, 2.75) is 20.0 Å². The number of carbonyl (C=O) groups is 2. The van der Waals surface area contributed by atoms with Gasteiger partial charge in [-0.05, 0) is 67.6 Å². The number of nitrogens with zero attached hydrogens (tertiary/aromatic N) is 2. The van der Waals surface area contributed by atoms with E-state index in [1.807, 2.05) is 24.3 Å². The molecule has 5 nitrogen and oxygen atoms in total. The molecule has 1 heterocycles. The number of benzene rings is 2. The number of hydrogen-bond acceptors (Lipinski definition) is 5. The number of thioether (sulfide) groups is 1. The maximum Gasteiger partial charge on any atom is 0.416 e. The lowest BCUT2D eigenvalue weighted by Crippen LogP contribution is -2.33. The molecule has 2 amide bonds. The Labute approximate surface area is 182 Å². The highest BCUT2D eigenvalue weighted by Gasteiger charge is 2.35. The molecule has 0 unspecified atom stereocenters. The number of halogens is 3. The molecule has 2 aromatic carbocycles. The minimum Gasteiger partial charge on any atom is -0.372 e. The Morgan fingerprint density at radius 3 is 2.35 bits per heavy atom. The van der Waals surface area contributed by atoms with Crippen molar-refractivity contribution in [3.8, 4) is 0 Å². The summed E-state index contributed by atoms with van der Waals surface area (Å²) in [6.45, 7) is 5.69. The summed E-state index contributed by atoms with van der Waals surface area (Å²) in [6.07, 6.45) is -2.83. The van der Waals surface area contributed by atoms with Gasteiger partial charge in [0.2, 0.25) is 0 Å². The third kappa shape index (κ3) is 5.41. The van der Waals surface area contributed by atoms with Gasteiger partial charge in [-0.25, -0.2) is 0 Å². The van der Waals surface area contributed by atoms with Gasteiger partial charge in [0.25, 0.3) is 11.1 Å². The average molecular weight is 449 g/mol. The summed E-state index contributed by atoms with van der Waals surface area (Å²) < 4.78 is 38.5. The Kier molecular flexibility index (Phi) is 6.94. The molecule has 3 rings (SSSR count). The Balaban J connectivity index is 1.68. The third-order valence-electron chi connectivity index (χ3n) is 4.82. The molecule has 0 radical (unpaired) electrons. The van der Waals surface area contributed by atoms with Gasteiger partial charge in [0.05, 0.1) is 17.1 Å². The van der Waals surface area contributed by atoms with Crippen molar-refractivity contribution >= 4 is 40.4 Å². The van der Waals surface area contributed by atoms with Crippen LogP contribution in [-0.2, 0) is 11.0 Å². The van der Waals surface area contributed by atoms with Crippen LogP contribution in [0, 0.1) is 0 Å².